The number of dihydropyridines is 1. The highest BCUT2D eigenvalue weighted by molar-refractivity contribution is 6.31. The standard InChI is InChI=1S/C21H21NO2/c1-14-11-18(24-13-17-7-5-4-6-8-17)9-10-19(14)21-15(2)20(23)12-22-16(21)3/h4-11H,12-13H2,1-3H3. The Morgan fingerprint density at radius 3 is 2.50 bits per heavy atom. The van der Waals surface area contributed by atoms with Gasteiger partial charge in [0.05, 0.1) is 0 Å². The van der Waals surface area contributed by atoms with Crippen LogP contribution in [0.4, 0.5) is 0 Å². The number of ketones is 1. The van der Waals surface area contributed by atoms with E-state index >= 15 is 0 Å². The van der Waals surface area contributed by atoms with Gasteiger partial charge in [-0.1, -0.05) is 36.4 Å². The third kappa shape index (κ3) is 3.30. The van der Waals surface area contributed by atoms with Crippen LogP contribution in [0.3, 0.4) is 0 Å². The molecule has 24 heavy (non-hydrogen) atoms. The first-order valence-electron chi connectivity index (χ1n) is 8.09. The van der Waals surface area contributed by atoms with E-state index in [0.717, 1.165) is 39.3 Å². The first-order valence-corrected chi connectivity index (χ1v) is 8.09. The number of rotatable bonds is 4. The van der Waals surface area contributed by atoms with Crippen LogP contribution >= 0.6 is 0 Å². The van der Waals surface area contributed by atoms with Crippen molar-refractivity contribution in [2.45, 2.75) is 27.4 Å². The van der Waals surface area contributed by atoms with Crippen molar-refractivity contribution in [3.05, 3.63) is 70.8 Å². The van der Waals surface area contributed by atoms with E-state index in [2.05, 4.69) is 4.99 Å². The summed E-state index contributed by atoms with van der Waals surface area (Å²) >= 11 is 0. The second-order valence-corrected chi connectivity index (χ2v) is 6.08. The molecule has 0 amide bonds. The van der Waals surface area contributed by atoms with Gasteiger partial charge in [0.15, 0.2) is 5.78 Å². The van der Waals surface area contributed by atoms with E-state index in [4.69, 9.17) is 4.74 Å². The van der Waals surface area contributed by atoms with Gasteiger partial charge in [0.25, 0.3) is 0 Å². The van der Waals surface area contributed by atoms with E-state index in [0.29, 0.717) is 6.61 Å². The number of Topliss-reactive ketones (excluding diaryl/α,β-unsaturated/α-hetero) is 1. The van der Waals surface area contributed by atoms with Crippen LogP contribution < -0.4 is 4.74 Å². The maximum absolute atomic E-state index is 12.0. The van der Waals surface area contributed by atoms with E-state index in [-0.39, 0.29) is 12.3 Å². The summed E-state index contributed by atoms with van der Waals surface area (Å²) in [6.45, 7) is 6.69. The maximum Gasteiger partial charge on any atom is 0.180 e. The Hall–Kier alpha value is -2.68. The predicted octanol–water partition coefficient (Wildman–Crippen LogP) is 4.39. The van der Waals surface area contributed by atoms with E-state index < -0.39 is 0 Å². The van der Waals surface area contributed by atoms with Crippen LogP contribution in [0.25, 0.3) is 5.57 Å². The van der Waals surface area contributed by atoms with Crippen molar-refractivity contribution < 1.29 is 9.53 Å². The number of aryl methyl sites for hydroxylation is 1. The lowest BCUT2D eigenvalue weighted by atomic mass is 9.90. The Kier molecular flexibility index (Phi) is 4.61. The minimum atomic E-state index is 0.0967. The molecule has 3 rings (SSSR count). The molecule has 0 aromatic heterocycles. The lowest BCUT2D eigenvalue weighted by Crippen LogP contribution is -2.17. The van der Waals surface area contributed by atoms with Gasteiger partial charge in [0.1, 0.15) is 18.9 Å². The molecular weight excluding hydrogens is 298 g/mol. The number of carbonyl (C=O) groups excluding carboxylic acids is 1. The number of aliphatic imine (C=N–C) groups is 1. The fourth-order valence-electron chi connectivity index (χ4n) is 2.94. The number of allylic oxidation sites excluding steroid dienone is 1. The minimum absolute atomic E-state index is 0.0967. The van der Waals surface area contributed by atoms with Gasteiger partial charge < -0.3 is 4.74 Å². The zero-order valence-corrected chi connectivity index (χ0v) is 14.3. The van der Waals surface area contributed by atoms with Crippen molar-refractivity contribution in [2.24, 2.45) is 4.99 Å². The molecule has 3 heteroatoms. The number of carbonyl (C=O) groups is 1. The summed E-state index contributed by atoms with van der Waals surface area (Å²) in [5.74, 6) is 0.925. The van der Waals surface area contributed by atoms with Gasteiger partial charge >= 0.3 is 0 Å². The lowest BCUT2D eigenvalue weighted by molar-refractivity contribution is -0.114. The predicted molar refractivity (Wildman–Crippen MR) is 97.5 cm³/mol. The molecule has 0 saturated heterocycles. The number of benzene rings is 2. The largest absolute Gasteiger partial charge is 0.489 e. The molecule has 0 N–H and O–H groups in total. The van der Waals surface area contributed by atoms with Crippen LogP contribution in [0.5, 0.6) is 5.75 Å². The summed E-state index contributed by atoms with van der Waals surface area (Å²) in [6.07, 6.45) is 0. The van der Waals surface area contributed by atoms with Gasteiger partial charge in [0.2, 0.25) is 0 Å². The van der Waals surface area contributed by atoms with E-state index in [1.807, 2.05) is 69.3 Å². The third-order valence-corrected chi connectivity index (χ3v) is 4.33. The summed E-state index contributed by atoms with van der Waals surface area (Å²) in [6, 6.07) is 16.1. The molecule has 1 aliphatic rings. The molecule has 122 valence electrons. The summed E-state index contributed by atoms with van der Waals surface area (Å²) in [4.78, 5) is 16.3. The van der Waals surface area contributed by atoms with Gasteiger partial charge in [-0.25, -0.2) is 0 Å². The topological polar surface area (TPSA) is 38.7 Å². The highest BCUT2D eigenvalue weighted by Gasteiger charge is 2.20. The second-order valence-electron chi connectivity index (χ2n) is 6.08. The van der Waals surface area contributed by atoms with Crippen molar-refractivity contribution >= 4 is 17.1 Å². The van der Waals surface area contributed by atoms with Crippen molar-refractivity contribution in [1.29, 1.82) is 0 Å². The first-order chi connectivity index (χ1) is 11.6. The Morgan fingerprint density at radius 2 is 1.79 bits per heavy atom. The molecule has 0 saturated carbocycles. The molecule has 3 nitrogen and oxygen atoms in total. The number of hydrogen-bond donors (Lipinski definition) is 0. The molecule has 0 fully saturated rings. The van der Waals surface area contributed by atoms with E-state index in [1.54, 1.807) is 0 Å². The molecule has 0 radical (unpaired) electrons. The lowest BCUT2D eigenvalue weighted by Gasteiger charge is -2.18. The monoisotopic (exact) mass is 319 g/mol. The molecule has 0 aliphatic carbocycles. The average molecular weight is 319 g/mol. The van der Waals surface area contributed by atoms with Gasteiger partial charge in [-0.05, 0) is 49.6 Å². The summed E-state index contributed by atoms with van der Waals surface area (Å²) in [5.41, 5.74) is 5.95. The molecular formula is C21H21NO2. The van der Waals surface area contributed by atoms with Crippen LogP contribution in [-0.2, 0) is 11.4 Å². The Bertz CT molecular complexity index is 832. The molecule has 0 spiro atoms. The molecule has 0 atom stereocenters. The highest BCUT2D eigenvalue weighted by atomic mass is 16.5. The van der Waals surface area contributed by atoms with Crippen molar-refractivity contribution in [2.75, 3.05) is 6.54 Å². The molecule has 2 aromatic rings. The van der Waals surface area contributed by atoms with Crippen LogP contribution in [0.15, 0.2) is 59.1 Å². The molecule has 2 aromatic carbocycles. The van der Waals surface area contributed by atoms with Crippen molar-refractivity contribution in [3.63, 3.8) is 0 Å². The number of ether oxygens (including phenoxy) is 1. The highest BCUT2D eigenvalue weighted by Crippen LogP contribution is 2.29. The van der Waals surface area contributed by atoms with Gasteiger partial charge in [-0.2, -0.15) is 0 Å². The Morgan fingerprint density at radius 1 is 1.04 bits per heavy atom. The smallest absolute Gasteiger partial charge is 0.180 e. The fraction of sp³-hybridized carbons (Fsp3) is 0.238. The average Bonchev–Trinajstić information content (AvgIpc) is 2.59. The zero-order chi connectivity index (χ0) is 17.1. The van der Waals surface area contributed by atoms with Gasteiger partial charge in [-0.3, -0.25) is 9.79 Å². The van der Waals surface area contributed by atoms with E-state index in [9.17, 15) is 4.79 Å². The molecule has 0 bridgehead atoms. The Labute approximate surface area is 142 Å². The summed E-state index contributed by atoms with van der Waals surface area (Å²) in [5, 5.41) is 0. The number of nitrogens with zero attached hydrogens (tertiary/aromatic N) is 1. The van der Waals surface area contributed by atoms with Crippen molar-refractivity contribution in [3.8, 4) is 5.75 Å². The fourth-order valence-corrected chi connectivity index (χ4v) is 2.94. The number of hydrogen-bond acceptors (Lipinski definition) is 3. The normalized spacial score (nSPS) is 14.6. The summed E-state index contributed by atoms with van der Waals surface area (Å²) < 4.78 is 5.88. The van der Waals surface area contributed by atoms with Gasteiger partial charge in [0, 0.05) is 16.9 Å². The van der Waals surface area contributed by atoms with Gasteiger partial charge in [-0.15, -0.1) is 0 Å². The molecule has 1 aliphatic heterocycles. The maximum atomic E-state index is 12.0. The minimum Gasteiger partial charge on any atom is -0.489 e. The Balaban J connectivity index is 1.84. The van der Waals surface area contributed by atoms with Crippen LogP contribution in [0, 0.1) is 6.92 Å². The SMILES string of the molecule is CC1=NCC(=O)C(C)=C1c1ccc(OCc2ccccc2)cc1C. The molecule has 0 unspecified atom stereocenters. The zero-order valence-electron chi connectivity index (χ0n) is 14.3. The van der Waals surface area contributed by atoms with Crippen LogP contribution in [0.2, 0.25) is 0 Å². The second kappa shape index (κ2) is 6.83. The van der Waals surface area contributed by atoms with Crippen LogP contribution in [0.1, 0.15) is 30.5 Å². The first kappa shape index (κ1) is 16.2. The third-order valence-electron chi connectivity index (χ3n) is 4.33. The van der Waals surface area contributed by atoms with Crippen LogP contribution in [-0.4, -0.2) is 18.0 Å². The summed E-state index contributed by atoms with van der Waals surface area (Å²) in [7, 11) is 0. The quantitative estimate of drug-likeness (QED) is 0.838. The van der Waals surface area contributed by atoms with E-state index in [1.165, 1.54) is 0 Å². The van der Waals surface area contributed by atoms with Crippen molar-refractivity contribution in [1.82, 2.24) is 0 Å². The molecule has 1 heterocycles.